The average molecular weight is 288 g/mol. The van der Waals surface area contributed by atoms with Crippen LogP contribution in [0.2, 0.25) is 0 Å². The Labute approximate surface area is 100 Å². The number of hydrogen-bond donors (Lipinski definition) is 0. The van der Waals surface area contributed by atoms with Crippen molar-refractivity contribution in [2.24, 2.45) is 0 Å². The van der Waals surface area contributed by atoms with Crippen molar-refractivity contribution >= 4 is 21.7 Å². The van der Waals surface area contributed by atoms with Crippen molar-refractivity contribution in [2.45, 2.75) is 19.3 Å². The molecule has 0 fully saturated rings. The minimum absolute atomic E-state index is 0.0497. The zero-order valence-electron chi connectivity index (χ0n) is 8.43. The van der Waals surface area contributed by atoms with Gasteiger partial charge in [0.15, 0.2) is 0 Å². The number of nitriles is 1. The summed E-state index contributed by atoms with van der Waals surface area (Å²) in [6.07, 6.45) is -0.122. The lowest BCUT2D eigenvalue weighted by Gasteiger charge is -2.09. The van der Waals surface area contributed by atoms with Gasteiger partial charge in [-0.1, -0.05) is 0 Å². The molecule has 84 valence electrons. The van der Waals surface area contributed by atoms with Crippen LogP contribution in [0, 0.1) is 23.0 Å². The second kappa shape index (κ2) is 5.17. The van der Waals surface area contributed by atoms with Crippen molar-refractivity contribution in [1.29, 1.82) is 5.26 Å². The fourth-order valence-electron chi connectivity index (χ4n) is 1.34. The van der Waals surface area contributed by atoms with E-state index in [0.717, 1.165) is 12.1 Å². The van der Waals surface area contributed by atoms with Gasteiger partial charge in [-0.25, -0.2) is 8.78 Å². The Morgan fingerprint density at radius 2 is 2.19 bits per heavy atom. The maximum atomic E-state index is 13.6. The second-order valence-corrected chi connectivity index (χ2v) is 4.23. The van der Waals surface area contributed by atoms with Gasteiger partial charge >= 0.3 is 0 Å². The molecule has 5 heteroatoms. The lowest BCUT2D eigenvalue weighted by atomic mass is 9.95. The van der Waals surface area contributed by atoms with Crippen molar-refractivity contribution in [3.8, 4) is 6.07 Å². The van der Waals surface area contributed by atoms with Gasteiger partial charge in [0.1, 0.15) is 17.4 Å². The lowest BCUT2D eigenvalue weighted by molar-refractivity contribution is -0.117. The van der Waals surface area contributed by atoms with Crippen molar-refractivity contribution in [3.63, 3.8) is 0 Å². The number of rotatable bonds is 3. The predicted octanol–water partition coefficient (Wildman–Crippen LogP) is 3.31. The summed E-state index contributed by atoms with van der Waals surface area (Å²) in [5.41, 5.74) is -0.0930. The van der Waals surface area contributed by atoms with Crippen LogP contribution in [-0.2, 0) is 4.79 Å². The smallest absolute Gasteiger partial charge is 0.142 e. The highest BCUT2D eigenvalue weighted by molar-refractivity contribution is 9.10. The first kappa shape index (κ1) is 12.8. The van der Waals surface area contributed by atoms with Gasteiger partial charge in [0.2, 0.25) is 0 Å². The van der Waals surface area contributed by atoms with Gasteiger partial charge in [0, 0.05) is 12.0 Å². The number of ketones is 1. The Morgan fingerprint density at radius 3 is 2.69 bits per heavy atom. The van der Waals surface area contributed by atoms with E-state index in [9.17, 15) is 13.6 Å². The molecule has 1 atom stereocenters. The van der Waals surface area contributed by atoms with Crippen molar-refractivity contribution in [1.82, 2.24) is 0 Å². The minimum Gasteiger partial charge on any atom is -0.300 e. The number of halogens is 3. The molecular formula is C11H8BrF2NO. The maximum Gasteiger partial charge on any atom is 0.142 e. The number of carbonyl (C=O) groups is 1. The van der Waals surface area contributed by atoms with E-state index >= 15 is 0 Å². The monoisotopic (exact) mass is 287 g/mol. The maximum absolute atomic E-state index is 13.6. The molecule has 1 aromatic rings. The molecular weight excluding hydrogens is 280 g/mol. The van der Waals surface area contributed by atoms with Crippen LogP contribution in [-0.4, -0.2) is 5.78 Å². The fraction of sp³-hybridized carbons (Fsp3) is 0.273. The van der Waals surface area contributed by atoms with E-state index in [1.807, 2.05) is 0 Å². The largest absolute Gasteiger partial charge is 0.300 e. The highest BCUT2D eigenvalue weighted by atomic mass is 79.9. The fourth-order valence-corrected chi connectivity index (χ4v) is 1.79. The molecule has 0 spiro atoms. The Morgan fingerprint density at radius 1 is 1.56 bits per heavy atom. The molecule has 0 saturated carbocycles. The molecule has 0 N–H and O–H groups in total. The first-order chi connectivity index (χ1) is 7.45. The summed E-state index contributed by atoms with van der Waals surface area (Å²) < 4.78 is 26.6. The van der Waals surface area contributed by atoms with Crippen LogP contribution in [0.4, 0.5) is 8.78 Å². The molecule has 0 amide bonds. The molecule has 1 rings (SSSR count). The van der Waals surface area contributed by atoms with Crippen LogP contribution in [0.5, 0.6) is 0 Å². The van der Waals surface area contributed by atoms with E-state index < -0.39 is 17.6 Å². The number of hydrogen-bond acceptors (Lipinski definition) is 2. The van der Waals surface area contributed by atoms with E-state index in [1.165, 1.54) is 6.92 Å². The van der Waals surface area contributed by atoms with Crippen molar-refractivity contribution in [2.75, 3.05) is 0 Å². The molecule has 2 nitrogen and oxygen atoms in total. The summed E-state index contributed by atoms with van der Waals surface area (Å²) in [6, 6.07) is 3.71. The molecule has 1 aromatic carbocycles. The van der Waals surface area contributed by atoms with Gasteiger partial charge in [0.05, 0.1) is 16.5 Å². The minimum atomic E-state index is -0.954. The molecule has 0 saturated heterocycles. The summed E-state index contributed by atoms with van der Waals surface area (Å²) >= 11 is 2.85. The summed E-state index contributed by atoms with van der Waals surface area (Å²) in [5.74, 6) is -2.54. The van der Waals surface area contributed by atoms with E-state index in [1.54, 1.807) is 6.07 Å². The third-order valence-corrected chi connectivity index (χ3v) is 2.62. The molecule has 16 heavy (non-hydrogen) atoms. The van der Waals surface area contributed by atoms with Gasteiger partial charge < -0.3 is 0 Å². The predicted molar refractivity (Wildman–Crippen MR) is 57.7 cm³/mol. The van der Waals surface area contributed by atoms with Crippen LogP contribution in [0.1, 0.15) is 24.8 Å². The first-order valence-electron chi connectivity index (χ1n) is 4.49. The third-order valence-electron chi connectivity index (χ3n) is 2.04. The van der Waals surface area contributed by atoms with E-state index in [2.05, 4.69) is 15.9 Å². The topological polar surface area (TPSA) is 40.9 Å². The molecule has 0 radical (unpaired) electrons. The molecule has 1 unspecified atom stereocenters. The van der Waals surface area contributed by atoms with Gasteiger partial charge in [0.25, 0.3) is 0 Å². The Hall–Kier alpha value is -1.28. The number of benzene rings is 1. The third kappa shape index (κ3) is 2.86. The van der Waals surface area contributed by atoms with E-state index in [0.29, 0.717) is 0 Å². The lowest BCUT2D eigenvalue weighted by Crippen LogP contribution is -2.05. The van der Waals surface area contributed by atoms with Crippen LogP contribution in [0.15, 0.2) is 16.6 Å². The molecule has 0 aromatic heterocycles. The molecule has 0 aliphatic carbocycles. The molecule has 0 heterocycles. The second-order valence-electron chi connectivity index (χ2n) is 3.38. The standard InChI is InChI=1S/C11H8BrF2NO/c1-6(16)2-7(5-15)9-3-8(13)4-10(12)11(9)14/h3-4,7H,2H2,1H3. The number of nitrogens with zero attached hydrogens (tertiary/aromatic N) is 1. The Kier molecular flexibility index (Phi) is 4.13. The SMILES string of the molecule is CC(=O)CC(C#N)c1cc(F)cc(Br)c1F. The van der Waals surface area contributed by atoms with Gasteiger partial charge in [-0.05, 0) is 35.0 Å². The number of carbonyl (C=O) groups excluding carboxylic acids is 1. The average Bonchev–Trinajstić information content (AvgIpc) is 2.20. The van der Waals surface area contributed by atoms with E-state index in [4.69, 9.17) is 5.26 Å². The van der Waals surface area contributed by atoms with E-state index in [-0.39, 0.29) is 22.2 Å². The zero-order valence-corrected chi connectivity index (χ0v) is 10.0. The van der Waals surface area contributed by atoms with Gasteiger partial charge in [-0.15, -0.1) is 0 Å². The van der Waals surface area contributed by atoms with Crippen LogP contribution < -0.4 is 0 Å². The Bertz CT molecular complexity index is 468. The van der Waals surface area contributed by atoms with Gasteiger partial charge in [-0.3, -0.25) is 4.79 Å². The first-order valence-corrected chi connectivity index (χ1v) is 5.28. The normalized spacial score (nSPS) is 11.9. The zero-order chi connectivity index (χ0) is 12.3. The van der Waals surface area contributed by atoms with Crippen molar-refractivity contribution < 1.29 is 13.6 Å². The van der Waals surface area contributed by atoms with Gasteiger partial charge in [-0.2, -0.15) is 5.26 Å². The molecule has 0 bridgehead atoms. The van der Waals surface area contributed by atoms with Crippen LogP contribution in [0.25, 0.3) is 0 Å². The van der Waals surface area contributed by atoms with Crippen molar-refractivity contribution in [3.05, 3.63) is 33.8 Å². The Balaban J connectivity index is 3.20. The molecule has 0 aliphatic rings. The highest BCUT2D eigenvalue weighted by Gasteiger charge is 2.20. The summed E-state index contributed by atoms with van der Waals surface area (Å²) in [4.78, 5) is 10.9. The summed E-state index contributed by atoms with van der Waals surface area (Å²) in [5, 5.41) is 8.83. The molecule has 0 aliphatic heterocycles. The number of Topliss-reactive ketones (excluding diaryl/α,β-unsaturated/α-hetero) is 1. The quantitative estimate of drug-likeness (QED) is 0.800. The highest BCUT2D eigenvalue weighted by Crippen LogP contribution is 2.28. The van der Waals surface area contributed by atoms with Crippen LogP contribution >= 0.6 is 15.9 Å². The summed E-state index contributed by atoms with van der Waals surface area (Å²) in [7, 11) is 0. The summed E-state index contributed by atoms with van der Waals surface area (Å²) in [6.45, 7) is 1.30. The van der Waals surface area contributed by atoms with Crippen LogP contribution in [0.3, 0.4) is 0 Å².